The molecule has 1 saturated carbocycles. The molecule has 0 radical (unpaired) electrons. The summed E-state index contributed by atoms with van der Waals surface area (Å²) in [7, 11) is 2.03. The predicted octanol–water partition coefficient (Wildman–Crippen LogP) is 5.19. The summed E-state index contributed by atoms with van der Waals surface area (Å²) in [5.74, 6) is 1.14. The van der Waals surface area contributed by atoms with Crippen LogP contribution in [0.2, 0.25) is 10.0 Å². The van der Waals surface area contributed by atoms with Gasteiger partial charge in [0.1, 0.15) is 0 Å². The molecule has 1 aromatic carbocycles. The van der Waals surface area contributed by atoms with Gasteiger partial charge in [-0.05, 0) is 50.1 Å². The van der Waals surface area contributed by atoms with Crippen LogP contribution in [0.1, 0.15) is 37.7 Å². The number of hydrogen-bond acceptors (Lipinski definition) is 2. The topological polar surface area (TPSA) is 12.0 Å². The number of benzene rings is 1. The van der Waals surface area contributed by atoms with Crippen LogP contribution in [0.5, 0.6) is 0 Å². The number of likely N-dealkylation sites (N-methyl/N-ethyl adjacent to an activating group) is 1. The van der Waals surface area contributed by atoms with E-state index < -0.39 is 0 Å². The first-order valence-corrected chi connectivity index (χ1v) is 9.22. The first-order chi connectivity index (χ1) is 9.69. The van der Waals surface area contributed by atoms with Crippen molar-refractivity contribution in [2.24, 2.45) is 0 Å². The highest BCUT2D eigenvalue weighted by atomic mass is 35.5. The Morgan fingerprint density at radius 2 is 2.00 bits per heavy atom. The van der Waals surface area contributed by atoms with Gasteiger partial charge in [0.05, 0.1) is 0 Å². The van der Waals surface area contributed by atoms with Crippen molar-refractivity contribution in [2.75, 3.05) is 12.8 Å². The first kappa shape index (κ1) is 16.5. The fraction of sp³-hybridized carbons (Fsp3) is 0.625. The molecule has 1 unspecified atom stereocenters. The van der Waals surface area contributed by atoms with E-state index >= 15 is 0 Å². The molecule has 0 saturated heterocycles. The van der Waals surface area contributed by atoms with E-state index in [0.29, 0.717) is 6.04 Å². The van der Waals surface area contributed by atoms with Gasteiger partial charge in [-0.15, -0.1) is 0 Å². The van der Waals surface area contributed by atoms with E-state index in [4.69, 9.17) is 23.2 Å². The molecule has 1 fully saturated rings. The highest BCUT2D eigenvalue weighted by Crippen LogP contribution is 2.29. The van der Waals surface area contributed by atoms with Crippen molar-refractivity contribution in [2.45, 2.75) is 49.8 Å². The maximum atomic E-state index is 6.25. The number of halogens is 2. The summed E-state index contributed by atoms with van der Waals surface area (Å²) in [5, 5.41) is 5.85. The highest BCUT2D eigenvalue weighted by Gasteiger charge is 2.17. The molecule has 0 spiro atoms. The van der Waals surface area contributed by atoms with Gasteiger partial charge in [0.2, 0.25) is 0 Å². The fourth-order valence-electron chi connectivity index (χ4n) is 2.69. The standard InChI is InChI=1S/C16H23Cl2NS/c1-19-14(11-20-15-5-3-2-4-6-15)10-12-9-13(17)7-8-16(12)18/h7-9,14-15,19H,2-6,10-11H2,1H3. The van der Waals surface area contributed by atoms with Crippen LogP contribution >= 0.6 is 35.0 Å². The van der Waals surface area contributed by atoms with Crippen molar-refractivity contribution in [1.82, 2.24) is 5.32 Å². The quantitative estimate of drug-likeness (QED) is 0.769. The molecule has 1 aliphatic rings. The number of rotatable bonds is 6. The van der Waals surface area contributed by atoms with Gasteiger partial charge in [-0.2, -0.15) is 11.8 Å². The van der Waals surface area contributed by atoms with Crippen LogP contribution in [0, 0.1) is 0 Å². The third kappa shape index (κ3) is 5.14. The molecule has 1 atom stereocenters. The van der Waals surface area contributed by atoms with Gasteiger partial charge >= 0.3 is 0 Å². The molecule has 112 valence electrons. The molecule has 4 heteroatoms. The Balaban J connectivity index is 1.86. The van der Waals surface area contributed by atoms with Crippen molar-refractivity contribution in [3.8, 4) is 0 Å². The Morgan fingerprint density at radius 3 is 2.70 bits per heavy atom. The number of thioether (sulfide) groups is 1. The number of hydrogen-bond donors (Lipinski definition) is 1. The summed E-state index contributed by atoms with van der Waals surface area (Å²) >= 11 is 14.4. The smallest absolute Gasteiger partial charge is 0.0439 e. The lowest BCUT2D eigenvalue weighted by molar-refractivity contribution is 0.514. The van der Waals surface area contributed by atoms with Gasteiger partial charge in [-0.3, -0.25) is 0 Å². The fourth-order valence-corrected chi connectivity index (χ4v) is 4.54. The van der Waals surface area contributed by atoms with Gasteiger partial charge < -0.3 is 5.32 Å². The van der Waals surface area contributed by atoms with E-state index in [1.807, 2.05) is 25.2 Å². The van der Waals surface area contributed by atoms with Gasteiger partial charge in [-0.25, -0.2) is 0 Å². The molecule has 1 aromatic rings. The molecule has 0 aromatic heterocycles. The van der Waals surface area contributed by atoms with E-state index in [-0.39, 0.29) is 0 Å². The Labute approximate surface area is 136 Å². The normalized spacial score (nSPS) is 18.1. The van der Waals surface area contributed by atoms with Crippen LogP contribution in [-0.4, -0.2) is 24.1 Å². The Bertz CT molecular complexity index is 419. The largest absolute Gasteiger partial charge is 0.316 e. The van der Waals surface area contributed by atoms with Crippen LogP contribution in [-0.2, 0) is 6.42 Å². The van der Waals surface area contributed by atoms with Crippen molar-refractivity contribution in [3.05, 3.63) is 33.8 Å². The van der Waals surface area contributed by atoms with E-state index in [2.05, 4.69) is 17.1 Å². The summed E-state index contributed by atoms with van der Waals surface area (Å²) in [4.78, 5) is 0. The van der Waals surface area contributed by atoms with Crippen molar-refractivity contribution >= 4 is 35.0 Å². The monoisotopic (exact) mass is 331 g/mol. The SMILES string of the molecule is CNC(CSC1CCCCC1)Cc1cc(Cl)ccc1Cl. The maximum Gasteiger partial charge on any atom is 0.0439 e. The summed E-state index contributed by atoms with van der Waals surface area (Å²) in [6.07, 6.45) is 7.95. The van der Waals surface area contributed by atoms with Gasteiger partial charge in [0.15, 0.2) is 0 Å². The number of nitrogens with one attached hydrogen (secondary N) is 1. The molecule has 20 heavy (non-hydrogen) atoms. The average Bonchev–Trinajstić information content (AvgIpc) is 2.48. The van der Waals surface area contributed by atoms with Gasteiger partial charge in [0.25, 0.3) is 0 Å². The molecule has 0 amide bonds. The molecule has 1 aliphatic carbocycles. The summed E-state index contributed by atoms with van der Waals surface area (Å²) < 4.78 is 0. The Morgan fingerprint density at radius 1 is 1.25 bits per heavy atom. The van der Waals surface area contributed by atoms with Crippen molar-refractivity contribution in [3.63, 3.8) is 0 Å². The van der Waals surface area contributed by atoms with E-state index in [0.717, 1.165) is 33.0 Å². The van der Waals surface area contributed by atoms with Crippen molar-refractivity contribution in [1.29, 1.82) is 0 Å². The summed E-state index contributed by atoms with van der Waals surface area (Å²) in [5.41, 5.74) is 1.14. The summed E-state index contributed by atoms with van der Waals surface area (Å²) in [6.45, 7) is 0. The molecule has 0 bridgehead atoms. The zero-order valence-electron chi connectivity index (χ0n) is 12.0. The maximum absolute atomic E-state index is 6.25. The second-order valence-corrected chi connectivity index (χ2v) is 7.70. The minimum absolute atomic E-state index is 0.456. The molecular formula is C16H23Cl2NS. The predicted molar refractivity (Wildman–Crippen MR) is 92.3 cm³/mol. The van der Waals surface area contributed by atoms with Crippen LogP contribution in [0.4, 0.5) is 0 Å². The lowest BCUT2D eigenvalue weighted by Gasteiger charge is -2.24. The zero-order valence-corrected chi connectivity index (χ0v) is 14.3. The van der Waals surface area contributed by atoms with Crippen LogP contribution in [0.15, 0.2) is 18.2 Å². The summed E-state index contributed by atoms with van der Waals surface area (Å²) in [6, 6.07) is 6.18. The second kappa shape index (κ2) is 8.53. The molecule has 1 N–H and O–H groups in total. The van der Waals surface area contributed by atoms with E-state index in [1.54, 1.807) is 0 Å². The molecule has 0 aliphatic heterocycles. The second-order valence-electron chi connectivity index (χ2n) is 5.52. The third-order valence-electron chi connectivity index (χ3n) is 3.97. The van der Waals surface area contributed by atoms with Gasteiger partial charge in [0, 0.05) is 27.1 Å². The zero-order chi connectivity index (χ0) is 14.4. The Kier molecular flexibility index (Phi) is 7.03. The van der Waals surface area contributed by atoms with Gasteiger partial charge in [-0.1, -0.05) is 42.5 Å². The first-order valence-electron chi connectivity index (χ1n) is 7.42. The van der Waals surface area contributed by atoms with Crippen LogP contribution < -0.4 is 5.32 Å². The van der Waals surface area contributed by atoms with E-state index in [1.165, 1.54) is 32.1 Å². The molecular weight excluding hydrogens is 309 g/mol. The molecule has 1 nitrogen and oxygen atoms in total. The average molecular weight is 332 g/mol. The lowest BCUT2D eigenvalue weighted by atomic mass is 10.0. The molecule has 2 rings (SSSR count). The van der Waals surface area contributed by atoms with Crippen LogP contribution in [0.3, 0.4) is 0 Å². The Hall–Kier alpha value is 0.110. The lowest BCUT2D eigenvalue weighted by Crippen LogP contribution is -2.31. The van der Waals surface area contributed by atoms with Crippen molar-refractivity contribution < 1.29 is 0 Å². The van der Waals surface area contributed by atoms with Crippen LogP contribution in [0.25, 0.3) is 0 Å². The minimum atomic E-state index is 0.456. The minimum Gasteiger partial charge on any atom is -0.316 e. The third-order valence-corrected chi connectivity index (χ3v) is 6.11. The van der Waals surface area contributed by atoms with E-state index in [9.17, 15) is 0 Å². The molecule has 0 heterocycles. The highest BCUT2D eigenvalue weighted by molar-refractivity contribution is 7.99.